The lowest BCUT2D eigenvalue weighted by molar-refractivity contribution is 0.368. The van der Waals surface area contributed by atoms with Crippen LogP contribution in [0.3, 0.4) is 0 Å². The van der Waals surface area contributed by atoms with Crippen molar-refractivity contribution in [1.29, 1.82) is 0 Å². The van der Waals surface area contributed by atoms with Crippen molar-refractivity contribution < 1.29 is 0 Å². The van der Waals surface area contributed by atoms with Crippen molar-refractivity contribution in [2.75, 3.05) is 0 Å². The largest absolute Gasteiger partial charge is 0.324 e. The molecule has 19 heavy (non-hydrogen) atoms. The normalized spacial score (nSPS) is 14.6. The molecule has 0 bridgehead atoms. The zero-order valence-corrected chi connectivity index (χ0v) is 13.2. The van der Waals surface area contributed by atoms with E-state index in [4.69, 9.17) is 5.73 Å². The molecule has 0 spiro atoms. The van der Waals surface area contributed by atoms with Crippen molar-refractivity contribution in [3.8, 4) is 0 Å². The Morgan fingerprint density at radius 3 is 1.79 bits per heavy atom. The van der Waals surface area contributed by atoms with Crippen LogP contribution in [0.5, 0.6) is 0 Å². The lowest BCUT2D eigenvalue weighted by Crippen LogP contribution is -2.21. The molecule has 0 amide bonds. The Hall–Kier alpha value is -0.820. The lowest BCUT2D eigenvalue weighted by Gasteiger charge is -2.24. The summed E-state index contributed by atoms with van der Waals surface area (Å²) in [4.78, 5) is 0. The topological polar surface area (TPSA) is 26.0 Å². The lowest BCUT2D eigenvalue weighted by atomic mass is 9.86. The van der Waals surface area contributed by atoms with E-state index in [9.17, 15) is 0 Å². The average molecular weight is 261 g/mol. The number of rotatable bonds is 8. The predicted molar refractivity (Wildman–Crippen MR) is 85.4 cm³/mol. The van der Waals surface area contributed by atoms with Crippen molar-refractivity contribution >= 4 is 0 Å². The van der Waals surface area contributed by atoms with E-state index in [1.807, 2.05) is 0 Å². The summed E-state index contributed by atoms with van der Waals surface area (Å²) in [5.74, 6) is 1.27. The van der Waals surface area contributed by atoms with Gasteiger partial charge in [0.2, 0.25) is 0 Å². The Morgan fingerprint density at radius 2 is 1.37 bits per heavy atom. The quantitative estimate of drug-likeness (QED) is 0.664. The van der Waals surface area contributed by atoms with Gasteiger partial charge in [-0.2, -0.15) is 0 Å². The van der Waals surface area contributed by atoms with Crippen LogP contribution < -0.4 is 5.73 Å². The summed E-state index contributed by atoms with van der Waals surface area (Å²) < 4.78 is 0. The molecule has 0 heterocycles. The molecule has 0 aliphatic heterocycles. The second-order valence-corrected chi connectivity index (χ2v) is 5.84. The first kappa shape index (κ1) is 16.2. The van der Waals surface area contributed by atoms with Crippen LogP contribution in [0.2, 0.25) is 0 Å². The predicted octanol–water partition coefficient (Wildman–Crippen LogP) is 5.42. The van der Waals surface area contributed by atoms with Gasteiger partial charge in [-0.15, -0.1) is 0 Å². The Labute approximate surface area is 119 Å². The molecular weight excluding hydrogens is 230 g/mol. The first-order chi connectivity index (χ1) is 9.13. The molecule has 0 aromatic heterocycles. The maximum atomic E-state index is 6.47. The van der Waals surface area contributed by atoms with Gasteiger partial charge in [-0.1, -0.05) is 64.8 Å². The number of hydrogen-bond donors (Lipinski definition) is 1. The van der Waals surface area contributed by atoms with E-state index >= 15 is 0 Å². The molecule has 0 aliphatic carbocycles. The standard InChI is InChI=1S/C18H31N/c1-5-8-16(9-6-2)18(19)17-12-10-15(11-13-17)14(4)7-3/h10-14,16,18H,5-9,19H2,1-4H3. The van der Waals surface area contributed by atoms with Crippen molar-refractivity contribution in [3.05, 3.63) is 35.4 Å². The molecule has 2 atom stereocenters. The highest BCUT2D eigenvalue weighted by atomic mass is 14.6. The summed E-state index contributed by atoms with van der Waals surface area (Å²) in [6.45, 7) is 9.03. The zero-order valence-electron chi connectivity index (χ0n) is 13.2. The third kappa shape index (κ3) is 4.65. The van der Waals surface area contributed by atoms with Crippen molar-refractivity contribution in [1.82, 2.24) is 0 Å². The van der Waals surface area contributed by atoms with Gasteiger partial charge in [0.1, 0.15) is 0 Å². The van der Waals surface area contributed by atoms with Crippen LogP contribution in [0.25, 0.3) is 0 Å². The molecule has 1 rings (SSSR count). The van der Waals surface area contributed by atoms with Gasteiger partial charge in [0.25, 0.3) is 0 Å². The van der Waals surface area contributed by atoms with Crippen molar-refractivity contribution in [2.24, 2.45) is 11.7 Å². The van der Waals surface area contributed by atoms with E-state index in [2.05, 4.69) is 52.0 Å². The van der Waals surface area contributed by atoms with Gasteiger partial charge in [0.15, 0.2) is 0 Å². The summed E-state index contributed by atoms with van der Waals surface area (Å²) in [5.41, 5.74) is 9.21. The molecule has 0 fully saturated rings. The first-order valence-corrected chi connectivity index (χ1v) is 7.99. The summed E-state index contributed by atoms with van der Waals surface area (Å²) in [7, 11) is 0. The zero-order chi connectivity index (χ0) is 14.3. The average Bonchev–Trinajstić information content (AvgIpc) is 2.45. The van der Waals surface area contributed by atoms with Gasteiger partial charge in [-0.25, -0.2) is 0 Å². The second-order valence-electron chi connectivity index (χ2n) is 5.84. The second kappa shape index (κ2) is 8.37. The summed E-state index contributed by atoms with van der Waals surface area (Å²) >= 11 is 0. The van der Waals surface area contributed by atoms with Gasteiger partial charge >= 0.3 is 0 Å². The fourth-order valence-electron chi connectivity index (χ4n) is 2.80. The first-order valence-electron chi connectivity index (χ1n) is 7.99. The fourth-order valence-corrected chi connectivity index (χ4v) is 2.80. The van der Waals surface area contributed by atoms with Crippen LogP contribution in [-0.4, -0.2) is 0 Å². The van der Waals surface area contributed by atoms with Gasteiger partial charge in [0, 0.05) is 6.04 Å². The Bertz CT molecular complexity index is 335. The third-order valence-electron chi connectivity index (χ3n) is 4.33. The number of benzene rings is 1. The third-order valence-corrected chi connectivity index (χ3v) is 4.33. The summed E-state index contributed by atoms with van der Waals surface area (Å²) in [5, 5.41) is 0. The van der Waals surface area contributed by atoms with Crippen LogP contribution in [0, 0.1) is 5.92 Å². The number of nitrogens with two attached hydrogens (primary N) is 1. The van der Waals surface area contributed by atoms with Crippen LogP contribution in [-0.2, 0) is 0 Å². The highest BCUT2D eigenvalue weighted by molar-refractivity contribution is 5.27. The van der Waals surface area contributed by atoms with E-state index in [1.165, 1.54) is 43.2 Å². The minimum atomic E-state index is 0.200. The van der Waals surface area contributed by atoms with E-state index in [-0.39, 0.29) is 6.04 Å². The van der Waals surface area contributed by atoms with Crippen LogP contribution in [0.1, 0.15) is 82.9 Å². The van der Waals surface area contributed by atoms with Crippen LogP contribution >= 0.6 is 0 Å². The minimum absolute atomic E-state index is 0.200. The molecule has 1 nitrogen and oxygen atoms in total. The Kier molecular flexibility index (Phi) is 7.15. The molecule has 0 aliphatic rings. The van der Waals surface area contributed by atoms with Gasteiger partial charge in [-0.05, 0) is 42.2 Å². The van der Waals surface area contributed by atoms with E-state index in [0.717, 1.165) is 0 Å². The van der Waals surface area contributed by atoms with Gasteiger partial charge in [0.05, 0.1) is 0 Å². The van der Waals surface area contributed by atoms with Crippen LogP contribution in [0.15, 0.2) is 24.3 Å². The maximum absolute atomic E-state index is 6.47. The summed E-state index contributed by atoms with van der Waals surface area (Å²) in [6, 6.07) is 9.21. The smallest absolute Gasteiger partial charge is 0.0323 e. The van der Waals surface area contributed by atoms with E-state index in [1.54, 1.807) is 0 Å². The molecule has 108 valence electrons. The molecule has 0 saturated carbocycles. The Morgan fingerprint density at radius 1 is 0.895 bits per heavy atom. The van der Waals surface area contributed by atoms with Gasteiger partial charge < -0.3 is 5.73 Å². The highest BCUT2D eigenvalue weighted by Crippen LogP contribution is 2.29. The molecule has 2 unspecified atom stereocenters. The minimum Gasteiger partial charge on any atom is -0.324 e. The molecule has 2 N–H and O–H groups in total. The Balaban J connectivity index is 2.77. The van der Waals surface area contributed by atoms with Crippen LogP contribution in [0.4, 0.5) is 0 Å². The van der Waals surface area contributed by atoms with Gasteiger partial charge in [-0.3, -0.25) is 0 Å². The maximum Gasteiger partial charge on any atom is 0.0323 e. The fraction of sp³-hybridized carbons (Fsp3) is 0.667. The monoisotopic (exact) mass is 261 g/mol. The van der Waals surface area contributed by atoms with E-state index in [0.29, 0.717) is 11.8 Å². The summed E-state index contributed by atoms with van der Waals surface area (Å²) in [6.07, 6.45) is 6.12. The highest BCUT2D eigenvalue weighted by Gasteiger charge is 2.18. The number of hydrogen-bond acceptors (Lipinski definition) is 1. The van der Waals surface area contributed by atoms with Crippen molar-refractivity contribution in [2.45, 2.75) is 71.8 Å². The molecule has 1 aromatic carbocycles. The molecule has 0 saturated heterocycles. The molecule has 0 radical (unpaired) electrons. The molecule has 1 heteroatoms. The van der Waals surface area contributed by atoms with E-state index < -0.39 is 0 Å². The molecular formula is C18H31N. The van der Waals surface area contributed by atoms with Crippen molar-refractivity contribution in [3.63, 3.8) is 0 Å². The molecule has 1 aromatic rings. The SMILES string of the molecule is CCCC(CCC)C(N)c1ccc(C(C)CC)cc1.